The van der Waals surface area contributed by atoms with Crippen molar-refractivity contribution in [2.45, 2.75) is 6.54 Å². The number of carbonyl (C=O) groups is 1. The average Bonchev–Trinajstić information content (AvgIpc) is 2.59. The van der Waals surface area contributed by atoms with Gasteiger partial charge < -0.3 is 10.1 Å². The van der Waals surface area contributed by atoms with E-state index in [2.05, 4.69) is 17.4 Å². The first-order valence-electron chi connectivity index (χ1n) is 7.35. The molecule has 2 aromatic rings. The lowest BCUT2D eigenvalue weighted by molar-refractivity contribution is -0.143. The Kier molecular flexibility index (Phi) is 6.39. The van der Waals surface area contributed by atoms with Crippen molar-refractivity contribution in [3.05, 3.63) is 77.9 Å². The maximum absolute atomic E-state index is 11.9. The Morgan fingerprint density at radius 3 is 2.36 bits per heavy atom. The minimum absolute atomic E-state index is 0.229. The number of nitrogens with one attached hydrogen (secondary N) is 1. The highest BCUT2D eigenvalue weighted by molar-refractivity contribution is 5.76. The van der Waals surface area contributed by atoms with E-state index in [1.807, 2.05) is 60.7 Å². The van der Waals surface area contributed by atoms with Crippen LogP contribution in [0.15, 0.2) is 66.7 Å². The van der Waals surface area contributed by atoms with E-state index in [9.17, 15) is 4.79 Å². The van der Waals surface area contributed by atoms with Crippen LogP contribution in [-0.2, 0) is 16.1 Å². The second-order valence-corrected chi connectivity index (χ2v) is 5.02. The van der Waals surface area contributed by atoms with Gasteiger partial charge in [0.2, 0.25) is 0 Å². The second kappa shape index (κ2) is 8.80. The predicted molar refractivity (Wildman–Crippen MR) is 89.1 cm³/mol. The Morgan fingerprint density at radius 1 is 1.09 bits per heavy atom. The first kappa shape index (κ1) is 16.0. The van der Waals surface area contributed by atoms with Gasteiger partial charge in [0.25, 0.3) is 0 Å². The molecule has 22 heavy (non-hydrogen) atoms. The largest absolute Gasteiger partial charge is 0.469 e. The van der Waals surface area contributed by atoms with Crippen LogP contribution in [0.5, 0.6) is 0 Å². The number of esters is 1. The molecule has 3 heteroatoms. The van der Waals surface area contributed by atoms with Crippen LogP contribution < -0.4 is 5.32 Å². The number of methoxy groups -OCH3 is 1. The van der Waals surface area contributed by atoms with Gasteiger partial charge in [-0.3, -0.25) is 4.79 Å². The van der Waals surface area contributed by atoms with Gasteiger partial charge in [-0.1, -0.05) is 72.8 Å². The maximum atomic E-state index is 11.9. The number of ether oxygens (including phenoxy) is 1. The third-order valence-corrected chi connectivity index (χ3v) is 3.36. The third kappa shape index (κ3) is 5.19. The molecule has 2 rings (SSSR count). The molecule has 0 aliphatic carbocycles. The normalized spacial score (nSPS) is 12.2. The summed E-state index contributed by atoms with van der Waals surface area (Å²) in [6, 6.07) is 20.0. The Balaban J connectivity index is 1.92. The molecule has 2 aromatic carbocycles. The van der Waals surface area contributed by atoms with Gasteiger partial charge in [-0.05, 0) is 11.1 Å². The molecule has 0 amide bonds. The van der Waals surface area contributed by atoms with Crippen molar-refractivity contribution in [1.29, 1.82) is 0 Å². The van der Waals surface area contributed by atoms with Crippen LogP contribution in [0.3, 0.4) is 0 Å². The van der Waals surface area contributed by atoms with Crippen molar-refractivity contribution in [2.75, 3.05) is 13.7 Å². The molecule has 0 aliphatic rings. The molecule has 0 radical (unpaired) electrons. The van der Waals surface area contributed by atoms with Crippen LogP contribution in [0, 0.1) is 5.92 Å². The van der Waals surface area contributed by atoms with E-state index in [1.165, 1.54) is 12.7 Å². The van der Waals surface area contributed by atoms with Crippen LogP contribution in [0.25, 0.3) is 6.08 Å². The molecule has 0 aliphatic heterocycles. The molecule has 0 bridgehead atoms. The van der Waals surface area contributed by atoms with Gasteiger partial charge >= 0.3 is 5.97 Å². The topological polar surface area (TPSA) is 38.3 Å². The summed E-state index contributed by atoms with van der Waals surface area (Å²) in [5, 5.41) is 3.30. The fraction of sp³-hybridized carbons (Fsp3) is 0.211. The van der Waals surface area contributed by atoms with E-state index in [0.717, 1.165) is 12.1 Å². The summed E-state index contributed by atoms with van der Waals surface area (Å²) < 4.78 is 4.87. The van der Waals surface area contributed by atoms with Crippen molar-refractivity contribution in [1.82, 2.24) is 5.32 Å². The number of hydrogen-bond acceptors (Lipinski definition) is 3. The van der Waals surface area contributed by atoms with Crippen LogP contribution in [-0.4, -0.2) is 19.6 Å². The Labute approximate surface area is 131 Å². The summed E-state index contributed by atoms with van der Waals surface area (Å²) in [4.78, 5) is 11.9. The number of carbonyl (C=O) groups excluding carboxylic acids is 1. The zero-order chi connectivity index (χ0) is 15.6. The van der Waals surface area contributed by atoms with Crippen molar-refractivity contribution in [3.63, 3.8) is 0 Å². The molecule has 0 unspecified atom stereocenters. The summed E-state index contributed by atoms with van der Waals surface area (Å²) in [6.07, 6.45) is 3.84. The molecule has 1 atom stereocenters. The molecule has 0 fully saturated rings. The summed E-state index contributed by atoms with van der Waals surface area (Å²) in [5.74, 6) is -0.526. The van der Waals surface area contributed by atoms with Crippen molar-refractivity contribution in [3.8, 4) is 0 Å². The summed E-state index contributed by atoms with van der Waals surface area (Å²) in [6.45, 7) is 1.28. The van der Waals surface area contributed by atoms with Crippen LogP contribution in [0.2, 0.25) is 0 Å². The number of benzene rings is 2. The van der Waals surface area contributed by atoms with E-state index in [0.29, 0.717) is 6.54 Å². The SMILES string of the molecule is COC(=O)[C@@H](/C=C/c1ccccc1)CNCc1ccccc1. The Morgan fingerprint density at radius 2 is 1.73 bits per heavy atom. The van der Waals surface area contributed by atoms with E-state index in [-0.39, 0.29) is 11.9 Å². The lowest BCUT2D eigenvalue weighted by Crippen LogP contribution is -2.27. The molecule has 0 saturated carbocycles. The molecule has 0 heterocycles. The van der Waals surface area contributed by atoms with Crippen molar-refractivity contribution in [2.24, 2.45) is 5.92 Å². The van der Waals surface area contributed by atoms with Gasteiger partial charge in [0.1, 0.15) is 0 Å². The summed E-state index contributed by atoms with van der Waals surface area (Å²) >= 11 is 0. The third-order valence-electron chi connectivity index (χ3n) is 3.36. The van der Waals surface area contributed by atoms with E-state index < -0.39 is 0 Å². The second-order valence-electron chi connectivity index (χ2n) is 5.02. The molecule has 0 aromatic heterocycles. The fourth-order valence-corrected chi connectivity index (χ4v) is 2.14. The van der Waals surface area contributed by atoms with Gasteiger partial charge in [-0.15, -0.1) is 0 Å². The molecule has 1 N–H and O–H groups in total. The number of hydrogen-bond donors (Lipinski definition) is 1. The molecule has 0 spiro atoms. The molecule has 3 nitrogen and oxygen atoms in total. The Bertz CT molecular complexity index is 593. The minimum atomic E-state index is -0.297. The highest BCUT2D eigenvalue weighted by Gasteiger charge is 2.15. The standard InChI is InChI=1S/C19H21NO2/c1-22-19(21)18(13-12-16-8-4-2-5-9-16)15-20-14-17-10-6-3-7-11-17/h2-13,18,20H,14-15H2,1H3/b13-12+/t18-/m0/s1. The van der Waals surface area contributed by atoms with Crippen molar-refractivity contribution >= 4 is 12.0 Å². The molecule has 114 valence electrons. The zero-order valence-corrected chi connectivity index (χ0v) is 12.7. The van der Waals surface area contributed by atoms with E-state index in [4.69, 9.17) is 4.74 Å². The fourth-order valence-electron chi connectivity index (χ4n) is 2.14. The van der Waals surface area contributed by atoms with Crippen LogP contribution in [0.4, 0.5) is 0 Å². The molecular formula is C19H21NO2. The van der Waals surface area contributed by atoms with Gasteiger partial charge in [-0.25, -0.2) is 0 Å². The lowest BCUT2D eigenvalue weighted by Gasteiger charge is -2.12. The van der Waals surface area contributed by atoms with Gasteiger partial charge in [0.15, 0.2) is 0 Å². The smallest absolute Gasteiger partial charge is 0.313 e. The molecule has 0 saturated heterocycles. The van der Waals surface area contributed by atoms with Crippen molar-refractivity contribution < 1.29 is 9.53 Å². The lowest BCUT2D eigenvalue weighted by atomic mass is 10.1. The quantitative estimate of drug-likeness (QED) is 0.797. The van der Waals surface area contributed by atoms with Gasteiger partial charge in [0, 0.05) is 13.1 Å². The van der Waals surface area contributed by atoms with E-state index >= 15 is 0 Å². The average molecular weight is 295 g/mol. The molecular weight excluding hydrogens is 274 g/mol. The van der Waals surface area contributed by atoms with Crippen LogP contribution in [0.1, 0.15) is 11.1 Å². The summed E-state index contributed by atoms with van der Waals surface area (Å²) in [5.41, 5.74) is 2.26. The highest BCUT2D eigenvalue weighted by atomic mass is 16.5. The van der Waals surface area contributed by atoms with Gasteiger partial charge in [0.05, 0.1) is 13.0 Å². The predicted octanol–water partition coefficient (Wildman–Crippen LogP) is 3.28. The van der Waals surface area contributed by atoms with Gasteiger partial charge in [-0.2, -0.15) is 0 Å². The Hall–Kier alpha value is -2.39. The van der Waals surface area contributed by atoms with E-state index in [1.54, 1.807) is 0 Å². The highest BCUT2D eigenvalue weighted by Crippen LogP contribution is 2.07. The van der Waals surface area contributed by atoms with Crippen LogP contribution >= 0.6 is 0 Å². The number of rotatable bonds is 7. The minimum Gasteiger partial charge on any atom is -0.469 e. The monoisotopic (exact) mass is 295 g/mol. The summed E-state index contributed by atoms with van der Waals surface area (Å²) in [7, 11) is 1.42. The zero-order valence-electron chi connectivity index (χ0n) is 12.7. The first-order chi connectivity index (χ1) is 10.8. The first-order valence-corrected chi connectivity index (χ1v) is 7.35. The maximum Gasteiger partial charge on any atom is 0.313 e.